The van der Waals surface area contributed by atoms with Gasteiger partial charge in [-0.1, -0.05) is 6.07 Å². The summed E-state index contributed by atoms with van der Waals surface area (Å²) in [5, 5.41) is 5.66. The third-order valence-electron chi connectivity index (χ3n) is 4.37. The second-order valence-corrected chi connectivity index (χ2v) is 6.28. The molecule has 0 bridgehead atoms. The number of amides is 1. The van der Waals surface area contributed by atoms with Crippen molar-refractivity contribution in [2.75, 3.05) is 5.32 Å². The van der Waals surface area contributed by atoms with Crippen LogP contribution in [0.1, 0.15) is 43.4 Å². The van der Waals surface area contributed by atoms with Crippen LogP contribution in [0.5, 0.6) is 0 Å². The number of hydrogen-bond acceptors (Lipinski definition) is 4. The van der Waals surface area contributed by atoms with Crippen LogP contribution in [-0.4, -0.2) is 25.7 Å². The van der Waals surface area contributed by atoms with Crippen LogP contribution in [0.2, 0.25) is 0 Å². The molecule has 2 N–H and O–H groups in total. The first-order valence-electron chi connectivity index (χ1n) is 7.89. The van der Waals surface area contributed by atoms with E-state index in [1.54, 1.807) is 17.1 Å². The van der Waals surface area contributed by atoms with Gasteiger partial charge < -0.3 is 5.32 Å². The first-order valence-corrected chi connectivity index (χ1v) is 7.89. The van der Waals surface area contributed by atoms with E-state index in [4.69, 9.17) is 0 Å². The van der Waals surface area contributed by atoms with Gasteiger partial charge in [-0.15, -0.1) is 0 Å². The maximum atomic E-state index is 12.5. The van der Waals surface area contributed by atoms with Gasteiger partial charge in [-0.2, -0.15) is 0 Å². The smallest absolute Gasteiger partial charge is 0.270 e. The van der Waals surface area contributed by atoms with Crippen molar-refractivity contribution < 1.29 is 4.79 Å². The minimum absolute atomic E-state index is 0.0444. The number of rotatable bonds is 2. The van der Waals surface area contributed by atoms with Crippen LogP contribution < -0.4 is 10.9 Å². The van der Waals surface area contributed by atoms with E-state index in [9.17, 15) is 9.59 Å². The largest absolute Gasteiger partial charge is 0.311 e. The molecule has 7 nitrogen and oxygen atoms in total. The number of hydrogen-bond donors (Lipinski definition) is 2. The van der Waals surface area contributed by atoms with E-state index in [0.29, 0.717) is 11.4 Å². The molecular weight excluding hydrogens is 306 g/mol. The van der Waals surface area contributed by atoms with Crippen molar-refractivity contribution in [3.63, 3.8) is 0 Å². The fraction of sp³-hybridized carbons (Fsp3) is 0.294. The lowest BCUT2D eigenvalue weighted by Crippen LogP contribution is -2.27. The van der Waals surface area contributed by atoms with Gasteiger partial charge in [0.25, 0.3) is 5.56 Å². The highest BCUT2D eigenvalue weighted by molar-refractivity contribution is 5.94. The topological polar surface area (TPSA) is 92.7 Å². The van der Waals surface area contributed by atoms with Gasteiger partial charge in [0.05, 0.1) is 16.6 Å². The third kappa shape index (κ3) is 2.20. The molecule has 24 heavy (non-hydrogen) atoms. The van der Waals surface area contributed by atoms with Crippen molar-refractivity contribution in [3.05, 3.63) is 52.1 Å². The molecule has 0 saturated heterocycles. The zero-order chi connectivity index (χ0) is 16.8. The molecule has 2 aromatic heterocycles. The van der Waals surface area contributed by atoms with Gasteiger partial charge >= 0.3 is 0 Å². The number of aromatic nitrogens is 4. The Morgan fingerprint density at radius 3 is 2.67 bits per heavy atom. The fourth-order valence-corrected chi connectivity index (χ4v) is 3.25. The Balaban J connectivity index is 1.90. The number of anilines is 1. The summed E-state index contributed by atoms with van der Waals surface area (Å²) in [4.78, 5) is 33.2. The Hall–Kier alpha value is -2.96. The van der Waals surface area contributed by atoms with Gasteiger partial charge in [-0.05, 0) is 31.5 Å². The van der Waals surface area contributed by atoms with E-state index in [2.05, 4.69) is 20.4 Å². The number of nitrogens with zero attached hydrogens (tertiary/aromatic N) is 3. The number of nitrogens with one attached hydrogen (secondary N) is 2. The van der Waals surface area contributed by atoms with Crippen LogP contribution in [0.25, 0.3) is 11.0 Å². The number of carbonyl (C=O) groups excluding carboxylic acids is 1. The number of aromatic amines is 1. The lowest BCUT2D eigenvalue weighted by molar-refractivity contribution is -0.116. The molecule has 1 aromatic carbocycles. The van der Waals surface area contributed by atoms with Gasteiger partial charge in [0, 0.05) is 30.8 Å². The molecule has 122 valence electrons. The third-order valence-corrected chi connectivity index (χ3v) is 4.37. The zero-order valence-electron chi connectivity index (χ0n) is 13.4. The van der Waals surface area contributed by atoms with Crippen LogP contribution >= 0.6 is 0 Å². The number of H-pyrrole nitrogens is 1. The first-order chi connectivity index (χ1) is 11.5. The summed E-state index contributed by atoms with van der Waals surface area (Å²) in [6.07, 6.45) is 3.51. The Labute approximate surface area is 137 Å². The molecular formula is C17H17N5O2. The molecule has 1 atom stereocenters. The van der Waals surface area contributed by atoms with Crippen LogP contribution in [-0.2, 0) is 4.79 Å². The number of carbonyl (C=O) groups is 1. The SMILES string of the molecule is CC(C)n1[nH]c(=O)c2c1NC(=O)C[C@@H]2c1ccc2nccnc2c1. The fourth-order valence-electron chi connectivity index (χ4n) is 3.25. The average Bonchev–Trinajstić information content (AvgIpc) is 2.90. The normalized spacial score (nSPS) is 17.1. The maximum Gasteiger partial charge on any atom is 0.270 e. The van der Waals surface area contributed by atoms with Crippen molar-refractivity contribution in [2.24, 2.45) is 0 Å². The lowest BCUT2D eigenvalue weighted by atomic mass is 9.87. The monoisotopic (exact) mass is 323 g/mol. The second kappa shape index (κ2) is 5.30. The van der Waals surface area contributed by atoms with Crippen molar-refractivity contribution >= 4 is 22.8 Å². The van der Waals surface area contributed by atoms with Crippen molar-refractivity contribution in [2.45, 2.75) is 32.2 Å². The van der Waals surface area contributed by atoms with Crippen LogP contribution in [0, 0.1) is 0 Å². The number of benzene rings is 1. The highest BCUT2D eigenvalue weighted by atomic mass is 16.2. The van der Waals surface area contributed by atoms with Gasteiger partial charge in [-0.25, -0.2) is 0 Å². The quantitative estimate of drug-likeness (QED) is 0.756. The summed E-state index contributed by atoms with van der Waals surface area (Å²) in [7, 11) is 0. The predicted molar refractivity (Wildman–Crippen MR) is 90.1 cm³/mol. The minimum atomic E-state index is -0.288. The van der Waals surface area contributed by atoms with E-state index in [1.807, 2.05) is 32.0 Å². The molecule has 1 amide bonds. The van der Waals surface area contributed by atoms with E-state index >= 15 is 0 Å². The summed E-state index contributed by atoms with van der Waals surface area (Å²) < 4.78 is 1.71. The van der Waals surface area contributed by atoms with Crippen molar-refractivity contribution in [1.82, 2.24) is 19.7 Å². The molecule has 1 aliphatic rings. The van der Waals surface area contributed by atoms with Crippen LogP contribution in [0.4, 0.5) is 5.82 Å². The molecule has 7 heteroatoms. The summed E-state index contributed by atoms with van der Waals surface area (Å²) >= 11 is 0. The van der Waals surface area contributed by atoms with Gasteiger partial charge in [0.15, 0.2) is 0 Å². The molecule has 3 heterocycles. The van der Waals surface area contributed by atoms with E-state index < -0.39 is 0 Å². The van der Waals surface area contributed by atoms with Crippen molar-refractivity contribution in [1.29, 1.82) is 0 Å². The zero-order valence-corrected chi connectivity index (χ0v) is 13.4. The summed E-state index contributed by atoms with van der Waals surface area (Å²) in [5.41, 5.74) is 2.87. The summed E-state index contributed by atoms with van der Waals surface area (Å²) in [6.45, 7) is 3.91. The Morgan fingerprint density at radius 1 is 1.17 bits per heavy atom. The Morgan fingerprint density at radius 2 is 1.92 bits per heavy atom. The predicted octanol–water partition coefficient (Wildman–Crippen LogP) is 2.17. The highest BCUT2D eigenvalue weighted by Gasteiger charge is 2.33. The molecule has 0 spiro atoms. The Kier molecular flexibility index (Phi) is 3.23. The summed E-state index contributed by atoms with van der Waals surface area (Å²) in [6, 6.07) is 5.73. The second-order valence-electron chi connectivity index (χ2n) is 6.28. The molecule has 0 saturated carbocycles. The van der Waals surface area contributed by atoms with Crippen molar-refractivity contribution in [3.8, 4) is 0 Å². The lowest BCUT2D eigenvalue weighted by Gasteiger charge is -2.24. The molecule has 0 radical (unpaired) electrons. The minimum Gasteiger partial charge on any atom is -0.311 e. The highest BCUT2D eigenvalue weighted by Crippen LogP contribution is 2.36. The molecule has 0 unspecified atom stereocenters. The standard InChI is InChI=1S/C17H17N5O2/c1-9(2)22-16-15(17(24)21-22)11(8-14(23)20-16)10-3-4-12-13(7-10)19-6-5-18-12/h3-7,9,11H,8H2,1-2H3,(H,20,23)(H,21,24)/t11-/m1/s1. The average molecular weight is 323 g/mol. The molecule has 3 aromatic rings. The van der Waals surface area contributed by atoms with Crippen LogP contribution in [0.15, 0.2) is 35.4 Å². The van der Waals surface area contributed by atoms with E-state index in [1.165, 1.54) is 0 Å². The molecule has 0 aliphatic carbocycles. The summed E-state index contributed by atoms with van der Waals surface area (Å²) in [5.74, 6) is 0.180. The van der Waals surface area contributed by atoms with E-state index in [0.717, 1.165) is 16.6 Å². The molecule has 1 aliphatic heterocycles. The Bertz CT molecular complexity index is 1000. The molecule has 4 rings (SSSR count). The van der Waals surface area contributed by atoms with Gasteiger partial charge in [0.2, 0.25) is 5.91 Å². The maximum absolute atomic E-state index is 12.5. The molecule has 0 fully saturated rings. The van der Waals surface area contributed by atoms with E-state index in [-0.39, 0.29) is 29.8 Å². The first kappa shape index (κ1) is 14.6. The van der Waals surface area contributed by atoms with Gasteiger partial charge in [0.1, 0.15) is 5.82 Å². The number of fused-ring (bicyclic) bond motifs is 2. The van der Waals surface area contributed by atoms with Gasteiger partial charge in [-0.3, -0.25) is 29.3 Å². The van der Waals surface area contributed by atoms with Crippen LogP contribution in [0.3, 0.4) is 0 Å².